The van der Waals surface area contributed by atoms with Crippen molar-refractivity contribution >= 4 is 27.2 Å². The zero-order valence-electron chi connectivity index (χ0n) is 22.8. The van der Waals surface area contributed by atoms with Gasteiger partial charge < -0.3 is 15.7 Å². The van der Waals surface area contributed by atoms with Crippen LogP contribution in [-0.4, -0.2) is 77.4 Å². The summed E-state index contributed by atoms with van der Waals surface area (Å²) < 4.78 is 27.5. The fourth-order valence-electron chi connectivity index (χ4n) is 6.77. The van der Waals surface area contributed by atoms with Crippen LogP contribution in [0.4, 0.5) is 5.82 Å². The molecule has 1 aliphatic carbocycles. The number of carbonyl (C=O) groups excluding carboxylic acids is 1. The van der Waals surface area contributed by atoms with Crippen LogP contribution < -0.4 is 5.73 Å². The van der Waals surface area contributed by atoms with Crippen molar-refractivity contribution in [3.8, 4) is 11.1 Å². The number of carbonyl (C=O) groups is 1. The number of amides is 1. The first-order valence-electron chi connectivity index (χ1n) is 13.8. The van der Waals surface area contributed by atoms with E-state index in [-0.39, 0.29) is 40.4 Å². The minimum absolute atomic E-state index is 0.00935. The minimum Gasteiger partial charge on any atom is -0.384 e. The molecule has 41 heavy (non-hydrogen) atoms. The molecule has 1 amide bonds. The van der Waals surface area contributed by atoms with Gasteiger partial charge in [-0.15, -0.1) is 0 Å². The van der Waals surface area contributed by atoms with Crippen molar-refractivity contribution in [2.24, 2.45) is 0 Å². The average Bonchev–Trinajstić information content (AvgIpc) is 3.61. The summed E-state index contributed by atoms with van der Waals surface area (Å²) in [5, 5.41) is 21.8. The van der Waals surface area contributed by atoms with Crippen LogP contribution in [0.2, 0.25) is 0 Å². The van der Waals surface area contributed by atoms with Gasteiger partial charge in [-0.05, 0) is 57.9 Å². The highest BCUT2D eigenvalue weighted by molar-refractivity contribution is 7.91. The maximum atomic E-state index is 13.3. The van der Waals surface area contributed by atoms with E-state index in [1.807, 2.05) is 17.0 Å². The number of rotatable bonds is 5. The predicted molar refractivity (Wildman–Crippen MR) is 148 cm³/mol. The summed E-state index contributed by atoms with van der Waals surface area (Å²) >= 11 is 0. The van der Waals surface area contributed by atoms with Crippen molar-refractivity contribution in [1.82, 2.24) is 39.7 Å². The summed E-state index contributed by atoms with van der Waals surface area (Å²) in [7, 11) is -3.76. The standard InChI is InChI=1S/C27H31N9O4S/c1-14-31-24(34-33-14)26(37)35-17-5-6-18(35)11-16(10-17)21-22(41(2,39)40)23(28)36-25(32-21)19(13-30-36)15-4-7-20(29-12-15)27(38)8-3-9-27/h4,7,12-13,16-18,38H,3,5-6,8-11,28H2,1-2H3,(H,31,33,34)/t16?,17-,18+. The Kier molecular flexibility index (Phi) is 5.74. The molecule has 2 saturated heterocycles. The average molecular weight is 578 g/mol. The van der Waals surface area contributed by atoms with Gasteiger partial charge in [0.05, 0.1) is 17.6 Å². The molecule has 7 rings (SSSR count). The second kappa shape index (κ2) is 9.05. The summed E-state index contributed by atoms with van der Waals surface area (Å²) in [5.41, 5.74) is 8.50. The first kappa shape index (κ1) is 26.0. The molecule has 4 aromatic heterocycles. The largest absolute Gasteiger partial charge is 0.384 e. The van der Waals surface area contributed by atoms with Gasteiger partial charge in [-0.25, -0.2) is 18.4 Å². The molecule has 4 aromatic rings. The van der Waals surface area contributed by atoms with Gasteiger partial charge in [0.1, 0.15) is 22.1 Å². The fraction of sp³-hybridized carbons (Fsp3) is 0.481. The van der Waals surface area contributed by atoms with Gasteiger partial charge >= 0.3 is 0 Å². The molecule has 6 heterocycles. The molecular formula is C27H31N9O4S. The first-order valence-corrected chi connectivity index (χ1v) is 15.7. The number of nitrogen functional groups attached to an aromatic ring is 1. The number of aryl methyl sites for hydroxylation is 1. The van der Waals surface area contributed by atoms with Gasteiger partial charge in [0.25, 0.3) is 5.91 Å². The third-order valence-electron chi connectivity index (χ3n) is 8.92. The highest BCUT2D eigenvalue weighted by atomic mass is 32.2. The van der Waals surface area contributed by atoms with Gasteiger partial charge in [0.2, 0.25) is 5.82 Å². The molecule has 3 aliphatic rings. The van der Waals surface area contributed by atoms with Gasteiger partial charge in [0.15, 0.2) is 15.5 Å². The number of sulfone groups is 1. The molecule has 0 spiro atoms. The van der Waals surface area contributed by atoms with Crippen molar-refractivity contribution in [3.63, 3.8) is 0 Å². The van der Waals surface area contributed by atoms with Crippen LogP contribution in [0.1, 0.15) is 78.7 Å². The smallest absolute Gasteiger partial charge is 0.291 e. The Labute approximate surface area is 236 Å². The molecule has 3 fully saturated rings. The number of nitrogens with zero attached hydrogens (tertiary/aromatic N) is 7. The Balaban J connectivity index is 1.27. The molecule has 1 unspecified atom stereocenters. The number of aromatic nitrogens is 7. The van der Waals surface area contributed by atoms with Crippen LogP contribution in [0.5, 0.6) is 0 Å². The Bertz CT molecular complexity index is 1780. The Morgan fingerprint density at radius 1 is 1.15 bits per heavy atom. The third kappa shape index (κ3) is 4.10. The van der Waals surface area contributed by atoms with Crippen molar-refractivity contribution in [2.45, 2.75) is 80.4 Å². The number of hydrogen-bond acceptors (Lipinski definition) is 10. The number of nitrogens with two attached hydrogens (primary N) is 1. The van der Waals surface area contributed by atoms with Crippen molar-refractivity contribution in [3.05, 3.63) is 47.6 Å². The molecule has 2 aliphatic heterocycles. The minimum atomic E-state index is -3.76. The van der Waals surface area contributed by atoms with E-state index in [0.717, 1.165) is 31.1 Å². The van der Waals surface area contributed by atoms with E-state index in [4.69, 9.17) is 10.7 Å². The predicted octanol–water partition coefficient (Wildman–Crippen LogP) is 2.13. The van der Waals surface area contributed by atoms with Crippen molar-refractivity contribution < 1.29 is 18.3 Å². The van der Waals surface area contributed by atoms with Crippen LogP contribution in [0.15, 0.2) is 29.4 Å². The number of aromatic amines is 1. The SMILES string of the molecule is Cc1n[nH]c(C(=O)N2[C@@H]3CC[C@H]2CC(c2nc4c(-c5ccc(C6(O)CCC6)nc5)cnn4c(N)c2S(C)(=O)=O)C3)n1. The number of piperidine rings is 1. The van der Waals surface area contributed by atoms with E-state index in [0.29, 0.717) is 54.1 Å². The van der Waals surface area contributed by atoms with Gasteiger partial charge in [-0.2, -0.15) is 14.7 Å². The lowest BCUT2D eigenvalue weighted by Gasteiger charge is -2.38. The lowest BCUT2D eigenvalue weighted by Crippen LogP contribution is -2.46. The molecular weight excluding hydrogens is 546 g/mol. The normalized spacial score (nSPS) is 23.6. The molecule has 2 bridgehead atoms. The second-order valence-electron chi connectivity index (χ2n) is 11.6. The number of pyridine rings is 1. The van der Waals surface area contributed by atoms with Crippen LogP contribution in [-0.2, 0) is 15.4 Å². The zero-order valence-corrected chi connectivity index (χ0v) is 23.6. The Morgan fingerprint density at radius 2 is 1.88 bits per heavy atom. The molecule has 1 saturated carbocycles. The summed E-state index contributed by atoms with van der Waals surface area (Å²) in [6, 6.07) is 3.52. The summed E-state index contributed by atoms with van der Waals surface area (Å²) in [4.78, 5) is 28.8. The molecule has 214 valence electrons. The summed E-state index contributed by atoms with van der Waals surface area (Å²) in [6.07, 6.45) is 9.50. The number of anilines is 1. The van der Waals surface area contributed by atoms with Crippen LogP contribution >= 0.6 is 0 Å². The molecule has 13 nitrogen and oxygen atoms in total. The fourth-order valence-corrected chi connectivity index (χ4v) is 7.83. The lowest BCUT2D eigenvalue weighted by atomic mass is 9.77. The topological polar surface area (TPSA) is 185 Å². The van der Waals surface area contributed by atoms with E-state index in [1.54, 1.807) is 19.3 Å². The van der Waals surface area contributed by atoms with E-state index in [9.17, 15) is 18.3 Å². The van der Waals surface area contributed by atoms with Gasteiger partial charge in [0, 0.05) is 41.6 Å². The lowest BCUT2D eigenvalue weighted by molar-refractivity contribution is -0.0426. The number of aliphatic hydroxyl groups is 1. The van der Waals surface area contributed by atoms with Gasteiger partial charge in [-0.1, -0.05) is 6.07 Å². The number of nitrogens with one attached hydrogen (secondary N) is 1. The maximum Gasteiger partial charge on any atom is 0.291 e. The van der Waals surface area contributed by atoms with Crippen molar-refractivity contribution in [1.29, 1.82) is 0 Å². The highest BCUT2D eigenvalue weighted by Gasteiger charge is 2.46. The third-order valence-corrected chi connectivity index (χ3v) is 10.1. The zero-order chi connectivity index (χ0) is 28.7. The van der Waals surface area contributed by atoms with Crippen LogP contribution in [0.3, 0.4) is 0 Å². The maximum absolute atomic E-state index is 13.3. The summed E-state index contributed by atoms with van der Waals surface area (Å²) in [6.45, 7) is 1.72. The van der Waals surface area contributed by atoms with E-state index < -0.39 is 15.4 Å². The molecule has 0 radical (unpaired) electrons. The van der Waals surface area contributed by atoms with E-state index in [2.05, 4.69) is 25.3 Å². The number of H-pyrrole nitrogens is 1. The number of fused-ring (bicyclic) bond motifs is 3. The molecule has 0 aromatic carbocycles. The molecule has 4 N–H and O–H groups in total. The summed E-state index contributed by atoms with van der Waals surface area (Å²) in [5.74, 6) is 0.313. The van der Waals surface area contributed by atoms with E-state index >= 15 is 0 Å². The molecule has 3 atom stereocenters. The van der Waals surface area contributed by atoms with E-state index in [1.165, 1.54) is 4.52 Å². The quantitative estimate of drug-likeness (QED) is 0.317. The van der Waals surface area contributed by atoms with Crippen LogP contribution in [0, 0.1) is 6.92 Å². The van der Waals surface area contributed by atoms with Crippen LogP contribution in [0.25, 0.3) is 16.8 Å². The first-order chi connectivity index (χ1) is 19.5. The second-order valence-corrected chi connectivity index (χ2v) is 13.5. The van der Waals surface area contributed by atoms with Crippen molar-refractivity contribution in [2.75, 3.05) is 12.0 Å². The van der Waals surface area contributed by atoms with Gasteiger partial charge in [-0.3, -0.25) is 14.9 Å². The molecule has 14 heteroatoms. The highest BCUT2D eigenvalue weighted by Crippen LogP contribution is 2.46. The monoisotopic (exact) mass is 577 g/mol. The Hall–Kier alpha value is -3.91. The Morgan fingerprint density at radius 3 is 2.44 bits per heavy atom. The number of hydrogen-bond donors (Lipinski definition) is 3.